The van der Waals surface area contributed by atoms with Crippen LogP contribution in [-0.4, -0.2) is 24.7 Å². The maximum absolute atomic E-state index is 11.1. The highest BCUT2D eigenvalue weighted by Crippen LogP contribution is 1.87. The first kappa shape index (κ1) is 10.8. The molecule has 0 radical (unpaired) electrons. The van der Waals surface area contributed by atoms with Gasteiger partial charge in [0.2, 0.25) is 5.78 Å². The Morgan fingerprint density at radius 3 is 2.67 bits per heavy atom. The van der Waals surface area contributed by atoms with Crippen molar-refractivity contribution in [3.63, 3.8) is 0 Å². The highest BCUT2D eigenvalue weighted by Gasteiger charge is 2.05. The molecular formula is C9H13NO2. The summed E-state index contributed by atoms with van der Waals surface area (Å²) in [5.74, 6) is -0.174. The molecule has 0 heterocycles. The number of nitrogens with zero attached hydrogens (tertiary/aromatic N) is 1. The van der Waals surface area contributed by atoms with Crippen LogP contribution >= 0.6 is 0 Å². The molecule has 3 heteroatoms. The van der Waals surface area contributed by atoms with Crippen LogP contribution in [0.1, 0.15) is 6.92 Å². The van der Waals surface area contributed by atoms with Gasteiger partial charge in [0.25, 0.3) is 0 Å². The number of carbonyl (C=O) groups excluding carboxylic acids is 1. The van der Waals surface area contributed by atoms with Crippen molar-refractivity contribution in [2.24, 2.45) is 4.99 Å². The molecule has 0 aliphatic heterocycles. The Balaban J connectivity index is 4.12. The van der Waals surface area contributed by atoms with Crippen molar-refractivity contribution in [2.75, 3.05) is 13.2 Å². The van der Waals surface area contributed by atoms with Crippen LogP contribution in [0.3, 0.4) is 0 Å². The smallest absolute Gasteiger partial charge is 0.206 e. The van der Waals surface area contributed by atoms with Gasteiger partial charge in [-0.15, -0.1) is 0 Å². The number of ketones is 1. The van der Waals surface area contributed by atoms with E-state index in [4.69, 9.17) is 4.74 Å². The van der Waals surface area contributed by atoms with E-state index in [0.717, 1.165) is 0 Å². The number of allylic oxidation sites excluding steroid dienone is 1. The topological polar surface area (TPSA) is 38.7 Å². The Hall–Kier alpha value is -1.22. The number of hydrogen-bond acceptors (Lipinski definition) is 3. The van der Waals surface area contributed by atoms with E-state index < -0.39 is 0 Å². The molecule has 0 aromatic carbocycles. The van der Waals surface area contributed by atoms with Crippen LogP contribution in [0, 0.1) is 0 Å². The van der Waals surface area contributed by atoms with Gasteiger partial charge in [-0.1, -0.05) is 13.2 Å². The van der Waals surface area contributed by atoms with Gasteiger partial charge in [-0.25, -0.2) is 0 Å². The fraction of sp³-hybridized carbons (Fsp3) is 0.333. The second kappa shape index (κ2) is 6.49. The number of rotatable bonds is 6. The average molecular weight is 167 g/mol. The third-order valence-corrected chi connectivity index (χ3v) is 1.15. The van der Waals surface area contributed by atoms with E-state index in [0.29, 0.717) is 12.3 Å². The van der Waals surface area contributed by atoms with Crippen LogP contribution < -0.4 is 0 Å². The lowest BCUT2D eigenvalue weighted by molar-refractivity contribution is -0.116. The van der Waals surface area contributed by atoms with Gasteiger partial charge in [-0.2, -0.15) is 0 Å². The van der Waals surface area contributed by atoms with Crippen molar-refractivity contribution in [1.82, 2.24) is 0 Å². The largest absolute Gasteiger partial charge is 0.374 e. The molecule has 0 saturated carbocycles. The summed E-state index contributed by atoms with van der Waals surface area (Å²) >= 11 is 0. The first-order chi connectivity index (χ1) is 5.76. The van der Waals surface area contributed by atoms with Crippen LogP contribution in [0.5, 0.6) is 0 Å². The Labute approximate surface area is 72.4 Å². The van der Waals surface area contributed by atoms with E-state index in [9.17, 15) is 4.79 Å². The molecule has 0 unspecified atom stereocenters. The van der Waals surface area contributed by atoms with Gasteiger partial charge in [0.15, 0.2) is 0 Å². The monoisotopic (exact) mass is 167 g/mol. The molecule has 0 aromatic rings. The quantitative estimate of drug-likeness (QED) is 0.560. The minimum atomic E-state index is -0.174. The molecule has 0 saturated heterocycles. The van der Waals surface area contributed by atoms with Crippen LogP contribution in [0.15, 0.2) is 30.4 Å². The molecule has 0 rings (SSSR count). The first-order valence-electron chi connectivity index (χ1n) is 3.68. The Kier molecular flexibility index (Phi) is 5.83. The van der Waals surface area contributed by atoms with Crippen LogP contribution in [0.25, 0.3) is 0 Å². The maximum Gasteiger partial charge on any atom is 0.206 e. The number of aliphatic imine (C=N–C) groups is 1. The van der Waals surface area contributed by atoms with Crippen molar-refractivity contribution in [3.8, 4) is 0 Å². The third kappa shape index (κ3) is 3.83. The normalized spacial score (nSPS) is 10.9. The molecule has 0 fully saturated rings. The van der Waals surface area contributed by atoms with E-state index in [2.05, 4.69) is 18.2 Å². The van der Waals surface area contributed by atoms with Crippen LogP contribution in [0.4, 0.5) is 0 Å². The molecule has 0 N–H and O–H groups in total. The predicted molar refractivity (Wildman–Crippen MR) is 49.3 cm³/mol. The summed E-state index contributed by atoms with van der Waals surface area (Å²) < 4.78 is 4.91. The number of Topliss-reactive ketones (excluding diaryl/α,β-unsaturated/α-hetero) is 1. The fourth-order valence-electron chi connectivity index (χ4n) is 0.606. The Morgan fingerprint density at radius 1 is 1.58 bits per heavy atom. The lowest BCUT2D eigenvalue weighted by Gasteiger charge is -1.98. The number of ether oxygens (including phenoxy) is 1. The van der Waals surface area contributed by atoms with Gasteiger partial charge in [0.05, 0.1) is 0 Å². The minimum Gasteiger partial charge on any atom is -0.374 e. The summed E-state index contributed by atoms with van der Waals surface area (Å²) in [6, 6.07) is 0. The van der Waals surface area contributed by atoms with Gasteiger partial charge in [-0.05, 0) is 13.0 Å². The van der Waals surface area contributed by atoms with E-state index in [1.807, 2.05) is 6.92 Å². The first-order valence-corrected chi connectivity index (χ1v) is 3.68. The van der Waals surface area contributed by atoms with Gasteiger partial charge >= 0.3 is 0 Å². The van der Waals surface area contributed by atoms with Gasteiger partial charge < -0.3 is 4.74 Å². The number of hydrogen-bond donors (Lipinski definition) is 0. The summed E-state index contributed by atoms with van der Waals surface area (Å²) in [6.45, 7) is 9.23. The lowest BCUT2D eigenvalue weighted by atomic mass is 10.2. The summed E-state index contributed by atoms with van der Waals surface area (Å²) in [5.41, 5.74) is 0.290. The van der Waals surface area contributed by atoms with Crippen molar-refractivity contribution in [3.05, 3.63) is 25.4 Å². The molecular weight excluding hydrogens is 154 g/mol. The van der Waals surface area contributed by atoms with Crippen molar-refractivity contribution in [2.45, 2.75) is 6.92 Å². The molecule has 0 aliphatic rings. The molecule has 0 atom stereocenters. The summed E-state index contributed by atoms with van der Waals surface area (Å²) in [6.07, 6.45) is 2.70. The summed E-state index contributed by atoms with van der Waals surface area (Å²) in [4.78, 5) is 14.9. The molecule has 0 aromatic heterocycles. The lowest BCUT2D eigenvalue weighted by Crippen LogP contribution is -2.17. The fourth-order valence-corrected chi connectivity index (χ4v) is 0.606. The van der Waals surface area contributed by atoms with E-state index >= 15 is 0 Å². The van der Waals surface area contributed by atoms with Crippen molar-refractivity contribution in [1.29, 1.82) is 0 Å². The van der Waals surface area contributed by atoms with Gasteiger partial charge in [-0.3, -0.25) is 9.79 Å². The zero-order valence-corrected chi connectivity index (χ0v) is 7.25. The maximum atomic E-state index is 11.1. The molecule has 0 aliphatic carbocycles. The third-order valence-electron chi connectivity index (χ3n) is 1.15. The second-order valence-electron chi connectivity index (χ2n) is 1.96. The van der Waals surface area contributed by atoms with E-state index in [1.165, 1.54) is 12.3 Å². The summed E-state index contributed by atoms with van der Waals surface area (Å²) in [5, 5.41) is 0. The molecule has 66 valence electrons. The van der Waals surface area contributed by atoms with E-state index in [-0.39, 0.29) is 12.4 Å². The zero-order chi connectivity index (χ0) is 9.40. The summed E-state index contributed by atoms with van der Waals surface area (Å²) in [7, 11) is 0. The van der Waals surface area contributed by atoms with Crippen LogP contribution in [0.2, 0.25) is 0 Å². The van der Waals surface area contributed by atoms with Crippen LogP contribution in [-0.2, 0) is 9.53 Å². The molecule has 0 amide bonds. The molecule has 0 spiro atoms. The van der Waals surface area contributed by atoms with Crippen molar-refractivity contribution >= 4 is 11.5 Å². The van der Waals surface area contributed by atoms with E-state index in [1.54, 1.807) is 0 Å². The Bertz CT molecular complexity index is 207. The zero-order valence-electron chi connectivity index (χ0n) is 7.25. The average Bonchev–Trinajstić information content (AvgIpc) is 2.10. The molecule has 3 nitrogen and oxygen atoms in total. The Morgan fingerprint density at radius 2 is 2.25 bits per heavy atom. The second-order valence-corrected chi connectivity index (χ2v) is 1.96. The molecule has 12 heavy (non-hydrogen) atoms. The highest BCUT2D eigenvalue weighted by molar-refractivity contribution is 6.44. The van der Waals surface area contributed by atoms with Gasteiger partial charge in [0.1, 0.15) is 12.3 Å². The standard InChI is InChI=1S/C9H13NO2/c1-4-8(10-5-2)9(11)7-12-6-3/h4-5H,1-2,6-7H2,3H3. The molecule has 0 bridgehead atoms. The minimum absolute atomic E-state index is 0.0508. The van der Waals surface area contributed by atoms with Gasteiger partial charge in [0, 0.05) is 12.8 Å². The predicted octanol–water partition coefficient (Wildman–Crippen LogP) is 1.36. The SMILES string of the molecule is C=CN=C(C=C)C(=O)COCC. The van der Waals surface area contributed by atoms with Crippen molar-refractivity contribution < 1.29 is 9.53 Å². The number of carbonyl (C=O) groups is 1. The highest BCUT2D eigenvalue weighted by atomic mass is 16.5.